The summed E-state index contributed by atoms with van der Waals surface area (Å²) in [5.41, 5.74) is 2.00. The van der Waals surface area contributed by atoms with Crippen molar-refractivity contribution in [3.8, 4) is 0 Å². The molecule has 3 nitrogen and oxygen atoms in total. The zero-order valence-corrected chi connectivity index (χ0v) is 15.1. The van der Waals surface area contributed by atoms with Gasteiger partial charge in [0.25, 0.3) is 0 Å². The Labute approximate surface area is 155 Å². The quantitative estimate of drug-likeness (QED) is 0.709. The van der Waals surface area contributed by atoms with Crippen molar-refractivity contribution < 1.29 is 14.3 Å². The van der Waals surface area contributed by atoms with Gasteiger partial charge in [0.05, 0.1) is 12.0 Å². The van der Waals surface area contributed by atoms with E-state index in [2.05, 4.69) is 22.4 Å². The highest BCUT2D eigenvalue weighted by atomic mass is 32.1. The first-order valence-electron chi connectivity index (χ1n) is 8.82. The van der Waals surface area contributed by atoms with Gasteiger partial charge in [-0.3, -0.25) is 9.69 Å². The van der Waals surface area contributed by atoms with E-state index in [1.54, 1.807) is 23.5 Å². The number of carboxylic acid groups (broad SMARTS) is 1. The highest BCUT2D eigenvalue weighted by molar-refractivity contribution is 7.17. The molecule has 1 aliphatic rings. The molecule has 1 aliphatic heterocycles. The molecule has 0 aliphatic carbocycles. The lowest BCUT2D eigenvalue weighted by Gasteiger charge is -2.37. The molecule has 2 unspecified atom stereocenters. The van der Waals surface area contributed by atoms with Gasteiger partial charge in [0.15, 0.2) is 0 Å². The molecule has 26 heavy (non-hydrogen) atoms. The molecule has 0 spiro atoms. The first kappa shape index (κ1) is 17.2. The summed E-state index contributed by atoms with van der Waals surface area (Å²) in [4.78, 5) is 13.7. The maximum absolute atomic E-state index is 13.9. The maximum atomic E-state index is 13.9. The number of thiophene rings is 1. The fraction of sp³-hybridized carbons (Fsp3) is 0.286. The Kier molecular flexibility index (Phi) is 4.74. The monoisotopic (exact) mass is 369 g/mol. The number of nitrogens with zero attached hydrogens (tertiary/aromatic N) is 1. The second-order valence-electron chi connectivity index (χ2n) is 6.82. The summed E-state index contributed by atoms with van der Waals surface area (Å²) < 4.78 is 15.1. The number of rotatable bonds is 4. The predicted molar refractivity (Wildman–Crippen MR) is 102 cm³/mol. The number of aliphatic carboxylic acids is 1. The molecule has 1 fully saturated rings. The van der Waals surface area contributed by atoms with Crippen molar-refractivity contribution in [1.82, 2.24) is 4.90 Å². The van der Waals surface area contributed by atoms with Gasteiger partial charge in [0.2, 0.25) is 0 Å². The largest absolute Gasteiger partial charge is 0.481 e. The van der Waals surface area contributed by atoms with E-state index in [1.807, 2.05) is 18.2 Å². The maximum Gasteiger partial charge on any atom is 0.307 e. The van der Waals surface area contributed by atoms with Crippen molar-refractivity contribution in [2.75, 3.05) is 13.1 Å². The van der Waals surface area contributed by atoms with E-state index in [9.17, 15) is 14.3 Å². The minimum absolute atomic E-state index is 0.135. The van der Waals surface area contributed by atoms with E-state index in [-0.39, 0.29) is 17.8 Å². The number of likely N-dealkylation sites (tertiary alicyclic amines) is 1. The van der Waals surface area contributed by atoms with Crippen molar-refractivity contribution in [2.45, 2.75) is 18.9 Å². The van der Waals surface area contributed by atoms with Crippen molar-refractivity contribution in [2.24, 2.45) is 5.92 Å². The van der Waals surface area contributed by atoms with Gasteiger partial charge < -0.3 is 5.11 Å². The van der Waals surface area contributed by atoms with Crippen LogP contribution >= 0.6 is 11.3 Å². The zero-order chi connectivity index (χ0) is 18.1. The van der Waals surface area contributed by atoms with Crippen LogP contribution in [0.2, 0.25) is 0 Å². The van der Waals surface area contributed by atoms with Crippen LogP contribution in [0, 0.1) is 11.7 Å². The Bertz CT molecular complexity index is 938. The smallest absolute Gasteiger partial charge is 0.307 e. The van der Waals surface area contributed by atoms with Crippen LogP contribution in [0.5, 0.6) is 0 Å². The molecule has 3 aromatic rings. The first-order chi connectivity index (χ1) is 12.6. The topological polar surface area (TPSA) is 40.5 Å². The second-order valence-corrected chi connectivity index (χ2v) is 7.73. The number of fused-ring (bicyclic) bond motifs is 1. The van der Waals surface area contributed by atoms with Crippen molar-refractivity contribution in [3.63, 3.8) is 0 Å². The molecule has 1 N–H and O–H groups in total. The third-order valence-corrected chi connectivity index (χ3v) is 6.12. The summed E-state index contributed by atoms with van der Waals surface area (Å²) in [6.07, 6.45) is 1.54. The van der Waals surface area contributed by atoms with Crippen LogP contribution < -0.4 is 0 Å². The molecular formula is C21H20FNO2S. The van der Waals surface area contributed by atoms with Crippen molar-refractivity contribution in [3.05, 3.63) is 70.9 Å². The second kappa shape index (κ2) is 7.17. The Balaban J connectivity index is 1.81. The summed E-state index contributed by atoms with van der Waals surface area (Å²) >= 11 is 1.68. The fourth-order valence-electron chi connectivity index (χ4n) is 3.92. The lowest BCUT2D eigenvalue weighted by molar-refractivity contribution is -0.143. The summed E-state index contributed by atoms with van der Waals surface area (Å²) in [6.45, 7) is 1.30. The standard InChI is InChI=1S/C21H20FNO2S/c22-16-7-3-5-14(11-16)20(23-10-4-6-15(12-23)21(24)25)18-13-26-19-9-2-1-8-17(18)19/h1-3,5,7-9,11,13,15,20H,4,6,10,12H2,(H,24,25). The van der Waals surface area contributed by atoms with Crippen molar-refractivity contribution in [1.29, 1.82) is 0 Å². The zero-order valence-electron chi connectivity index (χ0n) is 14.3. The lowest BCUT2D eigenvalue weighted by atomic mass is 9.91. The molecule has 0 amide bonds. The number of benzene rings is 2. The van der Waals surface area contributed by atoms with Gasteiger partial charge in [-0.15, -0.1) is 11.3 Å². The van der Waals surface area contributed by atoms with Crippen LogP contribution in [0.25, 0.3) is 10.1 Å². The molecule has 0 saturated carbocycles. The van der Waals surface area contributed by atoms with Crippen LogP contribution in [-0.4, -0.2) is 29.1 Å². The van der Waals surface area contributed by atoms with E-state index in [1.165, 1.54) is 10.8 Å². The molecule has 2 heterocycles. The van der Waals surface area contributed by atoms with Gasteiger partial charge in [-0.25, -0.2) is 4.39 Å². The molecule has 1 saturated heterocycles. The van der Waals surface area contributed by atoms with Gasteiger partial charge in [0.1, 0.15) is 5.82 Å². The van der Waals surface area contributed by atoms with Crippen LogP contribution in [-0.2, 0) is 4.79 Å². The van der Waals surface area contributed by atoms with Crippen LogP contribution in [0.15, 0.2) is 53.9 Å². The number of carboxylic acids is 1. The Morgan fingerprint density at radius 3 is 2.88 bits per heavy atom. The van der Waals surface area contributed by atoms with Gasteiger partial charge in [-0.2, -0.15) is 0 Å². The van der Waals surface area contributed by atoms with E-state index >= 15 is 0 Å². The Hall–Kier alpha value is -2.24. The molecule has 2 atom stereocenters. The van der Waals surface area contributed by atoms with Gasteiger partial charge >= 0.3 is 5.97 Å². The molecule has 134 valence electrons. The molecule has 1 aromatic heterocycles. The molecule has 4 rings (SSSR count). The molecule has 5 heteroatoms. The Morgan fingerprint density at radius 1 is 1.23 bits per heavy atom. The lowest BCUT2D eigenvalue weighted by Crippen LogP contribution is -2.41. The Morgan fingerprint density at radius 2 is 2.08 bits per heavy atom. The van der Waals surface area contributed by atoms with Gasteiger partial charge in [-0.1, -0.05) is 30.3 Å². The van der Waals surface area contributed by atoms with E-state index < -0.39 is 5.97 Å². The normalized spacial score (nSPS) is 19.5. The van der Waals surface area contributed by atoms with Gasteiger partial charge in [-0.05, 0) is 59.5 Å². The van der Waals surface area contributed by atoms with Crippen LogP contribution in [0.1, 0.15) is 30.0 Å². The summed E-state index contributed by atoms with van der Waals surface area (Å²) in [5.74, 6) is -1.38. The number of hydrogen-bond acceptors (Lipinski definition) is 3. The average molecular weight is 369 g/mol. The number of halogens is 1. The third kappa shape index (κ3) is 3.24. The molecule has 0 radical (unpaired) electrons. The molecule has 0 bridgehead atoms. The fourth-order valence-corrected chi connectivity index (χ4v) is 4.90. The SMILES string of the molecule is O=C(O)C1CCCN(C(c2cccc(F)c2)c2csc3ccccc23)C1. The van der Waals surface area contributed by atoms with Gasteiger partial charge in [0, 0.05) is 11.2 Å². The molecule has 2 aromatic carbocycles. The van der Waals surface area contributed by atoms with Crippen molar-refractivity contribution >= 4 is 27.4 Å². The number of carbonyl (C=O) groups is 1. The van der Waals surface area contributed by atoms with E-state index in [4.69, 9.17) is 0 Å². The highest BCUT2D eigenvalue weighted by Gasteiger charge is 2.32. The predicted octanol–water partition coefficient (Wildman–Crippen LogP) is 4.93. The number of hydrogen-bond donors (Lipinski definition) is 1. The van der Waals surface area contributed by atoms with Crippen LogP contribution in [0.4, 0.5) is 4.39 Å². The highest BCUT2D eigenvalue weighted by Crippen LogP contribution is 2.39. The number of piperidine rings is 1. The van der Waals surface area contributed by atoms with E-state index in [0.29, 0.717) is 13.0 Å². The summed E-state index contributed by atoms with van der Waals surface area (Å²) in [5, 5.41) is 12.8. The van der Waals surface area contributed by atoms with E-state index in [0.717, 1.165) is 29.5 Å². The minimum Gasteiger partial charge on any atom is -0.481 e. The third-order valence-electron chi connectivity index (χ3n) is 5.14. The van der Waals surface area contributed by atoms with Crippen LogP contribution in [0.3, 0.4) is 0 Å². The average Bonchev–Trinajstić information content (AvgIpc) is 3.06. The summed E-state index contributed by atoms with van der Waals surface area (Å²) in [7, 11) is 0. The first-order valence-corrected chi connectivity index (χ1v) is 9.70. The molecular weight excluding hydrogens is 349 g/mol. The minimum atomic E-state index is -0.747. The summed E-state index contributed by atoms with van der Waals surface area (Å²) in [6, 6.07) is 14.7.